The van der Waals surface area contributed by atoms with Gasteiger partial charge in [0.1, 0.15) is 5.75 Å². The Kier molecular flexibility index (Phi) is 5.97. The lowest BCUT2D eigenvalue weighted by molar-refractivity contribution is -0.142. The van der Waals surface area contributed by atoms with Gasteiger partial charge in [-0.1, -0.05) is 0 Å². The van der Waals surface area contributed by atoms with E-state index >= 15 is 0 Å². The molecule has 0 saturated carbocycles. The summed E-state index contributed by atoms with van der Waals surface area (Å²) in [5.41, 5.74) is 0. The van der Waals surface area contributed by atoms with Crippen LogP contribution in [0.1, 0.15) is 13.8 Å². The molecule has 1 N–H and O–H groups in total. The molecular weight excluding hydrogens is 350 g/mol. The molecule has 20 heavy (non-hydrogen) atoms. The molecule has 6 nitrogen and oxygen atoms in total. The first-order valence-electron chi connectivity index (χ1n) is 5.77. The third kappa shape index (κ3) is 4.77. The van der Waals surface area contributed by atoms with Crippen molar-refractivity contribution in [2.75, 3.05) is 13.7 Å². The van der Waals surface area contributed by atoms with Crippen molar-refractivity contribution in [1.82, 2.24) is 4.72 Å². The van der Waals surface area contributed by atoms with Crippen LogP contribution >= 0.6 is 15.9 Å². The molecule has 0 radical (unpaired) electrons. The number of esters is 1. The lowest BCUT2D eigenvalue weighted by atomic mass is 10.3. The van der Waals surface area contributed by atoms with Gasteiger partial charge in [0.05, 0.1) is 16.5 Å². The number of nitrogens with one attached hydrogen (secondary N) is 1. The van der Waals surface area contributed by atoms with Crippen LogP contribution in [0, 0.1) is 0 Å². The van der Waals surface area contributed by atoms with Gasteiger partial charge in [-0.3, -0.25) is 0 Å². The summed E-state index contributed by atoms with van der Waals surface area (Å²) in [5.74, 6) is -0.158. The molecule has 0 atom stereocenters. The van der Waals surface area contributed by atoms with Crippen molar-refractivity contribution in [2.45, 2.75) is 24.8 Å². The van der Waals surface area contributed by atoms with Crippen LogP contribution in [-0.2, 0) is 19.6 Å². The van der Waals surface area contributed by atoms with E-state index in [4.69, 9.17) is 4.74 Å². The van der Waals surface area contributed by atoms with E-state index in [-0.39, 0.29) is 17.5 Å². The molecule has 0 aliphatic heterocycles. The topological polar surface area (TPSA) is 81.7 Å². The minimum absolute atomic E-state index is 0.114. The Balaban J connectivity index is 2.90. The van der Waals surface area contributed by atoms with E-state index in [1.807, 2.05) is 0 Å². The molecule has 0 bridgehead atoms. The summed E-state index contributed by atoms with van der Waals surface area (Å²) in [6.07, 6.45) is 0. The molecule has 0 unspecified atom stereocenters. The molecule has 0 aliphatic rings. The number of halogens is 1. The first-order chi connectivity index (χ1) is 9.26. The van der Waals surface area contributed by atoms with E-state index in [0.717, 1.165) is 0 Å². The lowest BCUT2D eigenvalue weighted by Gasteiger charge is -2.11. The van der Waals surface area contributed by atoms with Crippen LogP contribution < -0.4 is 9.46 Å². The molecule has 112 valence electrons. The predicted molar refractivity (Wildman–Crippen MR) is 77.1 cm³/mol. The standard InChI is InChI=1S/C12H16BrNO5S/c1-8(2)14-20(16,17)9-4-5-11(10(13)6-9)19-7-12(15)18-3/h4-6,8,14H,7H2,1-3H3. The Hall–Kier alpha value is -1.12. The third-order valence-electron chi connectivity index (χ3n) is 2.18. The maximum absolute atomic E-state index is 12.0. The normalized spacial score (nSPS) is 11.4. The molecule has 1 aromatic rings. The van der Waals surface area contributed by atoms with Gasteiger partial charge in [-0.25, -0.2) is 17.9 Å². The number of sulfonamides is 1. The summed E-state index contributed by atoms with van der Waals surface area (Å²) in [6, 6.07) is 4.09. The molecule has 1 rings (SSSR count). The first-order valence-corrected chi connectivity index (χ1v) is 8.05. The Labute approximate surface area is 126 Å². The van der Waals surface area contributed by atoms with Crippen molar-refractivity contribution in [2.24, 2.45) is 0 Å². The summed E-state index contributed by atoms with van der Waals surface area (Å²) in [7, 11) is -2.30. The Morgan fingerprint density at radius 3 is 2.55 bits per heavy atom. The number of rotatable bonds is 6. The van der Waals surface area contributed by atoms with Crippen LogP contribution in [0.5, 0.6) is 5.75 Å². The highest BCUT2D eigenvalue weighted by Gasteiger charge is 2.17. The van der Waals surface area contributed by atoms with Crippen LogP contribution in [0.4, 0.5) is 0 Å². The van der Waals surface area contributed by atoms with Crippen molar-refractivity contribution in [3.05, 3.63) is 22.7 Å². The average molecular weight is 366 g/mol. The smallest absolute Gasteiger partial charge is 0.343 e. The van der Waals surface area contributed by atoms with Gasteiger partial charge in [0.15, 0.2) is 6.61 Å². The zero-order valence-electron chi connectivity index (χ0n) is 11.3. The van der Waals surface area contributed by atoms with Crippen molar-refractivity contribution in [3.63, 3.8) is 0 Å². The van der Waals surface area contributed by atoms with Crippen LogP contribution in [0.25, 0.3) is 0 Å². The first kappa shape index (κ1) is 16.9. The summed E-state index contributed by atoms with van der Waals surface area (Å²) in [4.78, 5) is 11.1. The van der Waals surface area contributed by atoms with Crippen molar-refractivity contribution in [3.8, 4) is 5.75 Å². The van der Waals surface area contributed by atoms with Gasteiger partial charge < -0.3 is 9.47 Å². The van der Waals surface area contributed by atoms with Gasteiger partial charge in [0, 0.05) is 6.04 Å². The zero-order valence-corrected chi connectivity index (χ0v) is 13.7. The van der Waals surface area contributed by atoms with Gasteiger partial charge in [-0.2, -0.15) is 0 Å². The average Bonchev–Trinajstić information content (AvgIpc) is 2.35. The van der Waals surface area contributed by atoms with Gasteiger partial charge in [-0.05, 0) is 48.0 Å². The second-order valence-electron chi connectivity index (χ2n) is 4.23. The highest BCUT2D eigenvalue weighted by molar-refractivity contribution is 9.10. The molecule has 1 aromatic carbocycles. The second kappa shape index (κ2) is 7.05. The van der Waals surface area contributed by atoms with Crippen LogP contribution in [0.3, 0.4) is 0 Å². The Bertz CT molecular complexity index is 586. The Morgan fingerprint density at radius 2 is 2.05 bits per heavy atom. The minimum Gasteiger partial charge on any atom is -0.481 e. The maximum atomic E-state index is 12.0. The molecule has 0 heterocycles. The number of methoxy groups -OCH3 is 1. The fraction of sp³-hybridized carbons (Fsp3) is 0.417. The summed E-state index contributed by atoms with van der Waals surface area (Å²) >= 11 is 3.21. The van der Waals surface area contributed by atoms with E-state index < -0.39 is 16.0 Å². The number of carbonyl (C=O) groups is 1. The molecule has 0 spiro atoms. The Morgan fingerprint density at radius 1 is 1.40 bits per heavy atom. The maximum Gasteiger partial charge on any atom is 0.343 e. The monoisotopic (exact) mass is 365 g/mol. The predicted octanol–water partition coefficient (Wildman–Crippen LogP) is 1.69. The van der Waals surface area contributed by atoms with Gasteiger partial charge >= 0.3 is 5.97 Å². The highest BCUT2D eigenvalue weighted by atomic mass is 79.9. The zero-order chi connectivity index (χ0) is 15.3. The van der Waals surface area contributed by atoms with E-state index in [9.17, 15) is 13.2 Å². The van der Waals surface area contributed by atoms with Crippen molar-refractivity contribution < 1.29 is 22.7 Å². The van der Waals surface area contributed by atoms with Gasteiger partial charge in [-0.15, -0.1) is 0 Å². The number of hydrogen-bond acceptors (Lipinski definition) is 5. The molecule has 0 saturated heterocycles. The molecule has 0 fully saturated rings. The minimum atomic E-state index is -3.56. The van der Waals surface area contributed by atoms with E-state index in [0.29, 0.717) is 10.2 Å². The van der Waals surface area contributed by atoms with E-state index in [1.54, 1.807) is 13.8 Å². The van der Waals surface area contributed by atoms with Gasteiger partial charge in [0.25, 0.3) is 0 Å². The van der Waals surface area contributed by atoms with Crippen molar-refractivity contribution >= 4 is 31.9 Å². The van der Waals surface area contributed by atoms with Crippen LogP contribution in [0.2, 0.25) is 0 Å². The number of ether oxygens (including phenoxy) is 2. The third-order valence-corrected chi connectivity index (χ3v) is 4.45. The highest BCUT2D eigenvalue weighted by Crippen LogP contribution is 2.27. The van der Waals surface area contributed by atoms with Crippen LogP contribution in [-0.4, -0.2) is 34.1 Å². The molecule has 0 aliphatic carbocycles. The molecule has 0 aromatic heterocycles. The second-order valence-corrected chi connectivity index (χ2v) is 6.80. The summed E-state index contributed by atoms with van der Waals surface area (Å²) < 4.78 is 36.5. The fourth-order valence-electron chi connectivity index (χ4n) is 1.34. The van der Waals surface area contributed by atoms with E-state index in [2.05, 4.69) is 25.4 Å². The molecule has 8 heteroatoms. The lowest BCUT2D eigenvalue weighted by Crippen LogP contribution is -2.30. The summed E-state index contributed by atoms with van der Waals surface area (Å²) in [6.45, 7) is 3.23. The number of hydrogen-bond donors (Lipinski definition) is 1. The quantitative estimate of drug-likeness (QED) is 0.775. The number of carbonyl (C=O) groups excluding carboxylic acids is 1. The van der Waals surface area contributed by atoms with E-state index in [1.165, 1.54) is 25.3 Å². The summed E-state index contributed by atoms with van der Waals surface area (Å²) in [5, 5.41) is 0. The molecular formula is C12H16BrNO5S. The van der Waals surface area contributed by atoms with Gasteiger partial charge in [0.2, 0.25) is 10.0 Å². The fourth-order valence-corrected chi connectivity index (χ4v) is 3.26. The van der Waals surface area contributed by atoms with Crippen molar-refractivity contribution in [1.29, 1.82) is 0 Å². The SMILES string of the molecule is COC(=O)COc1ccc(S(=O)(=O)NC(C)C)cc1Br. The molecule has 0 amide bonds. The number of benzene rings is 1. The largest absolute Gasteiger partial charge is 0.481 e. The van der Waals surface area contributed by atoms with Crippen LogP contribution in [0.15, 0.2) is 27.6 Å².